The van der Waals surface area contributed by atoms with Crippen molar-refractivity contribution in [1.82, 2.24) is 20.2 Å². The molecule has 0 saturated carbocycles. The van der Waals surface area contributed by atoms with E-state index in [1.165, 1.54) is 0 Å². The van der Waals surface area contributed by atoms with Crippen LogP contribution in [-0.4, -0.2) is 58.1 Å². The second-order valence-corrected chi connectivity index (χ2v) is 7.74. The number of carbonyl (C=O) groups excluding carboxylic acids is 2. The molecule has 0 atom stereocenters. The first kappa shape index (κ1) is 18.9. The van der Waals surface area contributed by atoms with Crippen molar-refractivity contribution >= 4 is 28.7 Å². The van der Waals surface area contributed by atoms with Gasteiger partial charge in [-0.25, -0.2) is 9.78 Å². The van der Waals surface area contributed by atoms with Crippen LogP contribution in [0.3, 0.4) is 0 Å². The lowest BCUT2D eigenvalue weighted by molar-refractivity contribution is -0.121. The highest BCUT2D eigenvalue weighted by molar-refractivity contribution is 5.91. The van der Waals surface area contributed by atoms with Crippen molar-refractivity contribution in [3.8, 4) is 0 Å². The van der Waals surface area contributed by atoms with Crippen molar-refractivity contribution in [3.63, 3.8) is 0 Å². The number of fused-ring (bicyclic) bond motifs is 1. The van der Waals surface area contributed by atoms with E-state index in [-0.39, 0.29) is 24.6 Å². The lowest BCUT2D eigenvalue weighted by Gasteiger charge is -2.39. The van der Waals surface area contributed by atoms with Crippen molar-refractivity contribution in [1.29, 1.82) is 0 Å². The summed E-state index contributed by atoms with van der Waals surface area (Å²) >= 11 is 0. The molecule has 2 aromatic heterocycles. The van der Waals surface area contributed by atoms with Gasteiger partial charge in [-0.15, -0.1) is 0 Å². The van der Waals surface area contributed by atoms with E-state index in [9.17, 15) is 9.59 Å². The van der Waals surface area contributed by atoms with Crippen molar-refractivity contribution in [3.05, 3.63) is 30.1 Å². The number of amides is 2. The van der Waals surface area contributed by atoms with Crippen LogP contribution in [-0.2, 0) is 9.53 Å². The largest absolute Gasteiger partial charge is 0.444 e. The van der Waals surface area contributed by atoms with Crippen LogP contribution in [0, 0.1) is 6.92 Å². The minimum Gasteiger partial charge on any atom is -0.444 e. The first-order valence-electron chi connectivity index (χ1n) is 8.94. The molecular formula is C19H25N5O3. The van der Waals surface area contributed by atoms with Gasteiger partial charge in [0, 0.05) is 30.9 Å². The van der Waals surface area contributed by atoms with Gasteiger partial charge in [0.15, 0.2) is 0 Å². The Hall–Kier alpha value is -2.90. The maximum Gasteiger partial charge on any atom is 0.410 e. The Bertz CT molecular complexity index is 856. The minimum absolute atomic E-state index is 0.0591. The van der Waals surface area contributed by atoms with Crippen LogP contribution >= 0.6 is 0 Å². The Balaban J connectivity index is 1.48. The topological polar surface area (TPSA) is 96.5 Å². The summed E-state index contributed by atoms with van der Waals surface area (Å²) in [6.07, 6.45) is 3.11. The standard InChI is InChI=1S/C19H25N5O3/c1-12-7-14-15(21-8-12)5-6-20-17(14)22-9-16(25)23-13-10-24(11-13)18(26)27-19(2,3)4/h5-8,13H,9-11H2,1-4H3,(H,20,22)(H,23,25). The normalized spacial score (nSPS) is 14.6. The first-order chi connectivity index (χ1) is 12.7. The number of ether oxygens (including phenoxy) is 1. The lowest BCUT2D eigenvalue weighted by Crippen LogP contribution is -2.62. The number of carbonyl (C=O) groups is 2. The quantitative estimate of drug-likeness (QED) is 0.854. The van der Waals surface area contributed by atoms with E-state index in [1.54, 1.807) is 17.3 Å². The van der Waals surface area contributed by atoms with Crippen molar-refractivity contribution in [2.24, 2.45) is 0 Å². The highest BCUT2D eigenvalue weighted by atomic mass is 16.6. The van der Waals surface area contributed by atoms with Crippen LogP contribution in [0.25, 0.3) is 10.9 Å². The molecule has 8 nitrogen and oxygen atoms in total. The summed E-state index contributed by atoms with van der Waals surface area (Å²) in [6.45, 7) is 8.45. The number of hydrogen-bond acceptors (Lipinski definition) is 6. The van der Waals surface area contributed by atoms with E-state index in [1.807, 2.05) is 39.8 Å². The van der Waals surface area contributed by atoms with Crippen LogP contribution in [0.4, 0.5) is 10.6 Å². The van der Waals surface area contributed by atoms with Crippen LogP contribution < -0.4 is 10.6 Å². The van der Waals surface area contributed by atoms with E-state index in [0.717, 1.165) is 16.5 Å². The third-order valence-electron chi connectivity index (χ3n) is 4.06. The van der Waals surface area contributed by atoms with Crippen LogP contribution in [0.2, 0.25) is 0 Å². The molecule has 2 N–H and O–H groups in total. The zero-order valence-electron chi connectivity index (χ0n) is 16.1. The second kappa shape index (κ2) is 7.38. The summed E-state index contributed by atoms with van der Waals surface area (Å²) < 4.78 is 5.30. The molecule has 3 rings (SSSR count). The number of likely N-dealkylation sites (tertiary alicyclic amines) is 1. The van der Waals surface area contributed by atoms with Crippen LogP contribution in [0.15, 0.2) is 24.5 Å². The third-order valence-corrected chi connectivity index (χ3v) is 4.06. The van der Waals surface area contributed by atoms with Gasteiger partial charge < -0.3 is 20.3 Å². The Morgan fingerprint density at radius 1 is 1.30 bits per heavy atom. The van der Waals surface area contributed by atoms with Gasteiger partial charge in [0.1, 0.15) is 11.4 Å². The van der Waals surface area contributed by atoms with E-state index in [4.69, 9.17) is 4.74 Å². The Morgan fingerprint density at radius 3 is 2.74 bits per heavy atom. The molecule has 2 aromatic rings. The van der Waals surface area contributed by atoms with E-state index < -0.39 is 5.60 Å². The molecule has 1 aliphatic heterocycles. The summed E-state index contributed by atoms with van der Waals surface area (Å²) in [6, 6.07) is 3.76. The van der Waals surface area contributed by atoms with Gasteiger partial charge >= 0.3 is 6.09 Å². The zero-order valence-corrected chi connectivity index (χ0v) is 16.1. The summed E-state index contributed by atoms with van der Waals surface area (Å²) in [5.41, 5.74) is 1.33. The van der Waals surface area contributed by atoms with Crippen LogP contribution in [0.5, 0.6) is 0 Å². The molecule has 0 bridgehead atoms. The SMILES string of the molecule is Cc1cnc2ccnc(NCC(=O)NC3CN(C(=O)OC(C)(C)C)C3)c2c1. The van der Waals surface area contributed by atoms with Gasteiger partial charge in [-0.05, 0) is 45.4 Å². The molecule has 0 radical (unpaired) electrons. The molecule has 8 heteroatoms. The van der Waals surface area contributed by atoms with E-state index in [0.29, 0.717) is 18.9 Å². The average molecular weight is 371 g/mol. The number of rotatable bonds is 4. The fourth-order valence-corrected chi connectivity index (χ4v) is 2.78. The molecule has 0 aliphatic carbocycles. The van der Waals surface area contributed by atoms with Gasteiger partial charge in [-0.1, -0.05) is 0 Å². The number of nitrogens with one attached hydrogen (secondary N) is 2. The van der Waals surface area contributed by atoms with Crippen LogP contribution in [0.1, 0.15) is 26.3 Å². The van der Waals surface area contributed by atoms with Gasteiger partial charge in [-0.3, -0.25) is 9.78 Å². The lowest BCUT2D eigenvalue weighted by atomic mass is 10.1. The number of hydrogen-bond donors (Lipinski definition) is 2. The first-order valence-corrected chi connectivity index (χ1v) is 8.94. The predicted molar refractivity (Wildman–Crippen MR) is 103 cm³/mol. The van der Waals surface area contributed by atoms with Gasteiger partial charge in [0.25, 0.3) is 0 Å². The Labute approximate surface area is 158 Å². The Morgan fingerprint density at radius 2 is 2.04 bits per heavy atom. The van der Waals surface area contributed by atoms with Crippen molar-refractivity contribution < 1.29 is 14.3 Å². The molecule has 144 valence electrons. The zero-order chi connectivity index (χ0) is 19.6. The molecule has 27 heavy (non-hydrogen) atoms. The van der Waals surface area contributed by atoms with Crippen molar-refractivity contribution in [2.45, 2.75) is 39.3 Å². The summed E-state index contributed by atoms with van der Waals surface area (Å²) in [5.74, 6) is 0.478. The third kappa shape index (κ3) is 4.84. The maximum absolute atomic E-state index is 12.2. The molecule has 1 aliphatic rings. The molecule has 0 aromatic carbocycles. The number of nitrogens with zero attached hydrogens (tertiary/aromatic N) is 3. The molecule has 0 unspecified atom stereocenters. The predicted octanol–water partition coefficient (Wildman–Crippen LogP) is 2.09. The molecule has 2 amide bonds. The summed E-state index contributed by atoms with van der Waals surface area (Å²) in [5, 5.41) is 6.84. The fraction of sp³-hybridized carbons (Fsp3) is 0.474. The number of aryl methyl sites for hydroxylation is 1. The molecule has 1 fully saturated rings. The molecule has 0 spiro atoms. The van der Waals surface area contributed by atoms with Gasteiger partial charge in [0.05, 0.1) is 18.1 Å². The minimum atomic E-state index is -0.520. The monoisotopic (exact) mass is 371 g/mol. The van der Waals surface area contributed by atoms with Crippen molar-refractivity contribution in [2.75, 3.05) is 25.0 Å². The maximum atomic E-state index is 12.2. The highest BCUT2D eigenvalue weighted by Crippen LogP contribution is 2.20. The van der Waals surface area contributed by atoms with Gasteiger partial charge in [-0.2, -0.15) is 0 Å². The highest BCUT2D eigenvalue weighted by Gasteiger charge is 2.34. The van der Waals surface area contributed by atoms with Gasteiger partial charge in [0.2, 0.25) is 5.91 Å². The summed E-state index contributed by atoms with van der Waals surface area (Å²) in [7, 11) is 0. The molecular weight excluding hydrogens is 346 g/mol. The van der Waals surface area contributed by atoms with E-state index in [2.05, 4.69) is 20.6 Å². The number of anilines is 1. The summed E-state index contributed by atoms with van der Waals surface area (Å²) in [4.78, 5) is 34.3. The Kier molecular flexibility index (Phi) is 5.16. The fourth-order valence-electron chi connectivity index (χ4n) is 2.78. The smallest absolute Gasteiger partial charge is 0.410 e. The second-order valence-electron chi connectivity index (χ2n) is 7.74. The molecule has 1 saturated heterocycles. The molecule has 3 heterocycles. The number of pyridine rings is 2. The average Bonchev–Trinajstić information content (AvgIpc) is 2.54. The number of aromatic nitrogens is 2. The van der Waals surface area contributed by atoms with E-state index >= 15 is 0 Å².